The van der Waals surface area contributed by atoms with E-state index in [1.54, 1.807) is 5.57 Å². The molecule has 4 rings (SSSR count). The van der Waals surface area contributed by atoms with Gasteiger partial charge in [0.2, 0.25) is 5.91 Å². The van der Waals surface area contributed by atoms with Crippen LogP contribution in [0, 0.1) is 52.3 Å². The van der Waals surface area contributed by atoms with Gasteiger partial charge in [0.15, 0.2) is 0 Å². The van der Waals surface area contributed by atoms with Crippen LogP contribution in [-0.4, -0.2) is 47.0 Å². The second-order valence-corrected chi connectivity index (χ2v) is 19.7. The van der Waals surface area contributed by atoms with Crippen LogP contribution in [-0.2, 0) is 14.3 Å². The zero-order valence-corrected chi connectivity index (χ0v) is 36.0. The molecule has 1 amide bonds. The molecule has 0 aliphatic heterocycles. The molecule has 0 radical (unpaired) electrons. The van der Waals surface area contributed by atoms with E-state index in [4.69, 9.17) is 16.2 Å². The Labute approximate surface area is 326 Å². The Balaban J connectivity index is 0.00000451. The highest BCUT2D eigenvalue weighted by Crippen LogP contribution is 2.67. The molecule has 8 heteroatoms. The molecule has 6 nitrogen and oxygen atoms in total. The third-order valence-corrected chi connectivity index (χ3v) is 14.5. The fourth-order valence-electron chi connectivity index (χ4n) is 11.2. The van der Waals surface area contributed by atoms with Gasteiger partial charge in [-0.3, -0.25) is 9.59 Å². The van der Waals surface area contributed by atoms with E-state index in [1.165, 1.54) is 51.4 Å². The Hall–Kier alpha value is -0.820. The first kappa shape index (κ1) is 46.3. The summed E-state index contributed by atoms with van der Waals surface area (Å²) in [5.74, 6) is 5.49. The Morgan fingerprint density at radius 1 is 0.902 bits per heavy atom. The standard InChI is InChI=1S/C43H77N3O3.2ClH/c1-11-31(29(2)3)13-12-30(4)35-16-17-36-34-15-14-32-28-33(20-22-42(32,9)37(34)21-23-43(35,36)10)49-39(48)19-18-38(47)46(26-24-40(5,6)44)27-25-41(7,8)45;;/h14,29-31,33-37H,11-13,15-28,44-45H2,1-10H3;2*1H/t30-,31-,33+,34+,35-,36+,37+,42+,43-;;/m1../s1. The molecule has 0 saturated heterocycles. The molecule has 4 aliphatic rings. The second-order valence-electron chi connectivity index (χ2n) is 19.7. The molecule has 298 valence electrons. The van der Waals surface area contributed by atoms with Crippen LogP contribution in [0.3, 0.4) is 0 Å². The van der Waals surface area contributed by atoms with Crippen molar-refractivity contribution < 1.29 is 14.3 Å². The summed E-state index contributed by atoms with van der Waals surface area (Å²) in [6.45, 7) is 24.0. The molecule has 4 N–H and O–H groups in total. The van der Waals surface area contributed by atoms with Crippen LogP contribution in [0.15, 0.2) is 11.6 Å². The first-order chi connectivity index (χ1) is 22.8. The van der Waals surface area contributed by atoms with Gasteiger partial charge in [0.25, 0.3) is 0 Å². The summed E-state index contributed by atoms with van der Waals surface area (Å²) in [4.78, 5) is 28.1. The van der Waals surface area contributed by atoms with Crippen LogP contribution < -0.4 is 11.5 Å². The molecular weight excluding hydrogens is 677 g/mol. The third-order valence-electron chi connectivity index (χ3n) is 14.5. The molecule has 0 aromatic rings. The number of esters is 1. The van der Waals surface area contributed by atoms with Crippen LogP contribution >= 0.6 is 24.8 Å². The van der Waals surface area contributed by atoms with Crippen molar-refractivity contribution in [1.29, 1.82) is 0 Å². The quantitative estimate of drug-likeness (QED) is 0.121. The first-order valence-electron chi connectivity index (χ1n) is 20.5. The van der Waals surface area contributed by atoms with Crippen molar-refractivity contribution in [2.45, 2.75) is 183 Å². The van der Waals surface area contributed by atoms with E-state index >= 15 is 0 Å². The molecule has 3 saturated carbocycles. The molecule has 4 aliphatic carbocycles. The predicted molar refractivity (Wildman–Crippen MR) is 218 cm³/mol. The number of nitrogens with two attached hydrogens (primary N) is 2. The van der Waals surface area contributed by atoms with Crippen LogP contribution in [0.1, 0.15) is 166 Å². The lowest BCUT2D eigenvalue weighted by atomic mass is 9.47. The average molecular weight is 757 g/mol. The predicted octanol–water partition coefficient (Wildman–Crippen LogP) is 10.3. The van der Waals surface area contributed by atoms with E-state index < -0.39 is 0 Å². The van der Waals surface area contributed by atoms with Crippen molar-refractivity contribution in [1.82, 2.24) is 4.90 Å². The number of ether oxygens (including phenoxy) is 1. The van der Waals surface area contributed by atoms with Gasteiger partial charge in [-0.1, -0.05) is 66.0 Å². The number of nitrogens with zero attached hydrogens (tertiary/aromatic N) is 1. The maximum atomic E-state index is 13.2. The number of carbonyl (C=O) groups is 2. The van der Waals surface area contributed by atoms with Crippen molar-refractivity contribution in [3.05, 3.63) is 11.6 Å². The molecule has 0 spiro atoms. The molecule has 0 aromatic carbocycles. The summed E-state index contributed by atoms with van der Waals surface area (Å²) in [7, 11) is 0. The lowest BCUT2D eigenvalue weighted by Crippen LogP contribution is -2.51. The van der Waals surface area contributed by atoms with E-state index in [2.05, 4.69) is 47.6 Å². The highest BCUT2D eigenvalue weighted by atomic mass is 35.5. The summed E-state index contributed by atoms with van der Waals surface area (Å²) in [6.07, 6.45) is 18.0. The lowest BCUT2D eigenvalue weighted by molar-refractivity contribution is -0.153. The molecule has 3 fully saturated rings. The molecule has 0 unspecified atom stereocenters. The van der Waals surface area contributed by atoms with Crippen molar-refractivity contribution >= 4 is 36.7 Å². The summed E-state index contributed by atoms with van der Waals surface area (Å²) in [5, 5.41) is 0. The fourth-order valence-corrected chi connectivity index (χ4v) is 11.2. The SMILES string of the molecule is CC[C@H](CC[C@@H](C)[C@H]1CC[C@H]2[C@@H]3CC=C4C[C@@H](OC(=O)CCC(=O)N(CCC(C)(C)N)CCC(C)(C)N)CC[C@]4(C)[C@H]3CC[C@]12C)C(C)C.Cl.Cl. The fraction of sp³-hybridized carbons (Fsp3) is 0.907. The van der Waals surface area contributed by atoms with Crippen molar-refractivity contribution in [2.75, 3.05) is 13.1 Å². The van der Waals surface area contributed by atoms with E-state index in [-0.39, 0.29) is 72.1 Å². The highest BCUT2D eigenvalue weighted by molar-refractivity contribution is 5.85. The minimum atomic E-state index is -0.361. The van der Waals surface area contributed by atoms with Gasteiger partial charge in [0, 0.05) is 37.0 Å². The average Bonchev–Trinajstić information content (AvgIpc) is 3.36. The number of halogens is 2. The summed E-state index contributed by atoms with van der Waals surface area (Å²) < 4.78 is 6.08. The Kier molecular flexibility index (Phi) is 17.0. The Morgan fingerprint density at radius 3 is 2.10 bits per heavy atom. The van der Waals surface area contributed by atoms with Gasteiger partial charge < -0.3 is 21.1 Å². The summed E-state index contributed by atoms with van der Waals surface area (Å²) in [5.41, 5.74) is 14.0. The van der Waals surface area contributed by atoms with Crippen LogP contribution in [0.4, 0.5) is 0 Å². The maximum absolute atomic E-state index is 13.2. The van der Waals surface area contributed by atoms with E-state index in [9.17, 15) is 9.59 Å². The number of rotatable bonds is 16. The molecule has 9 atom stereocenters. The van der Waals surface area contributed by atoms with Gasteiger partial charge in [-0.15, -0.1) is 24.8 Å². The van der Waals surface area contributed by atoms with Crippen LogP contribution in [0.5, 0.6) is 0 Å². The first-order valence-corrected chi connectivity index (χ1v) is 20.5. The third kappa shape index (κ3) is 11.6. The molecule has 0 aromatic heterocycles. The monoisotopic (exact) mass is 756 g/mol. The molecule has 0 bridgehead atoms. The minimum Gasteiger partial charge on any atom is -0.462 e. The van der Waals surface area contributed by atoms with Crippen LogP contribution in [0.2, 0.25) is 0 Å². The van der Waals surface area contributed by atoms with Crippen molar-refractivity contribution in [3.8, 4) is 0 Å². The van der Waals surface area contributed by atoms with Crippen LogP contribution in [0.25, 0.3) is 0 Å². The smallest absolute Gasteiger partial charge is 0.306 e. The normalized spacial score (nSPS) is 31.5. The number of allylic oxidation sites excluding steroid dienone is 1. The summed E-state index contributed by atoms with van der Waals surface area (Å²) >= 11 is 0. The number of fused-ring (bicyclic) bond motifs is 5. The maximum Gasteiger partial charge on any atom is 0.306 e. The van der Waals surface area contributed by atoms with Gasteiger partial charge in [-0.25, -0.2) is 0 Å². The lowest BCUT2D eigenvalue weighted by Gasteiger charge is -2.58. The van der Waals surface area contributed by atoms with Gasteiger partial charge in [0.1, 0.15) is 6.10 Å². The van der Waals surface area contributed by atoms with Crippen molar-refractivity contribution in [2.24, 2.45) is 63.7 Å². The van der Waals surface area contributed by atoms with Gasteiger partial charge >= 0.3 is 5.97 Å². The van der Waals surface area contributed by atoms with E-state index in [1.807, 2.05) is 32.6 Å². The minimum absolute atomic E-state index is 0. The van der Waals surface area contributed by atoms with Crippen molar-refractivity contribution in [3.63, 3.8) is 0 Å². The largest absolute Gasteiger partial charge is 0.462 e. The van der Waals surface area contributed by atoms with Gasteiger partial charge in [-0.05, 0) is 144 Å². The molecule has 51 heavy (non-hydrogen) atoms. The Morgan fingerprint density at radius 2 is 1.53 bits per heavy atom. The summed E-state index contributed by atoms with van der Waals surface area (Å²) in [6, 6.07) is 0. The number of carbonyl (C=O) groups excluding carboxylic acids is 2. The zero-order valence-electron chi connectivity index (χ0n) is 34.4. The second kappa shape index (κ2) is 18.7. The highest BCUT2D eigenvalue weighted by Gasteiger charge is 2.59. The zero-order chi connectivity index (χ0) is 36.4. The van der Waals surface area contributed by atoms with E-state index in [0.717, 1.165) is 60.7 Å². The number of hydrogen-bond donors (Lipinski definition) is 2. The Bertz CT molecular complexity index is 1140. The van der Waals surface area contributed by atoms with Gasteiger partial charge in [0.05, 0.1) is 6.42 Å². The number of amides is 1. The molecule has 0 heterocycles. The number of hydrogen-bond acceptors (Lipinski definition) is 5. The van der Waals surface area contributed by atoms with Gasteiger partial charge in [-0.2, -0.15) is 0 Å². The topological polar surface area (TPSA) is 98.7 Å². The molecular formula is C43H79Cl2N3O3. The van der Waals surface area contributed by atoms with E-state index in [0.29, 0.717) is 31.3 Å².